The number of hydrogen-bond acceptors (Lipinski definition) is 1. The van der Waals surface area contributed by atoms with E-state index in [1.54, 1.807) is 0 Å². The Balaban J connectivity index is 0. The van der Waals surface area contributed by atoms with Crippen molar-refractivity contribution in [1.82, 2.24) is 4.90 Å². The van der Waals surface area contributed by atoms with Gasteiger partial charge in [0.2, 0.25) is 0 Å². The topological polar surface area (TPSA) is 3.24 Å². The Morgan fingerprint density at radius 3 is 1.14 bits per heavy atom. The van der Waals surface area contributed by atoms with E-state index in [0.29, 0.717) is 0 Å². The van der Waals surface area contributed by atoms with E-state index in [9.17, 15) is 0 Å². The van der Waals surface area contributed by atoms with E-state index >= 15 is 0 Å². The molecular weight excluding hydrogens is 259 g/mol. The molecule has 0 aromatic rings. The molecule has 0 aromatic carbocycles. The molecule has 86 valence electrons. The Bertz CT molecular complexity index is 77.3. The number of nitrogens with zero attached hydrogens (tertiary/aromatic N) is 1. The van der Waals surface area contributed by atoms with E-state index in [0.717, 1.165) is 0 Å². The Kier molecular flexibility index (Phi) is 16.5. The molecule has 0 atom stereocenters. The van der Waals surface area contributed by atoms with Crippen LogP contribution in [0.25, 0.3) is 0 Å². The minimum absolute atomic E-state index is 0. The van der Waals surface area contributed by atoms with E-state index in [-0.39, 0.29) is 19.5 Å². The average Bonchev–Trinajstić information content (AvgIpc) is 2.17. The van der Waals surface area contributed by atoms with Crippen molar-refractivity contribution < 1.29 is 19.5 Å². The monoisotopic (exact) mass is 287 g/mol. The second-order valence-electron chi connectivity index (χ2n) is 3.90. The summed E-state index contributed by atoms with van der Waals surface area (Å²) in [5.41, 5.74) is 0. The van der Waals surface area contributed by atoms with Crippen LogP contribution in [-0.2, 0) is 19.5 Å². The summed E-state index contributed by atoms with van der Waals surface area (Å²) in [5, 5.41) is 0. The van der Waals surface area contributed by atoms with Crippen molar-refractivity contribution >= 4 is 0 Å². The SMILES string of the molecule is CCCCN(CCCC)CCCC.[Ru+2]. The molecule has 0 fully saturated rings. The van der Waals surface area contributed by atoms with Gasteiger partial charge in [-0.15, -0.1) is 0 Å². The van der Waals surface area contributed by atoms with E-state index in [1.165, 1.54) is 58.2 Å². The van der Waals surface area contributed by atoms with Crippen LogP contribution in [0.2, 0.25) is 0 Å². The summed E-state index contributed by atoms with van der Waals surface area (Å²) in [6, 6.07) is 0. The first-order valence-corrected chi connectivity index (χ1v) is 6.07. The van der Waals surface area contributed by atoms with Crippen molar-refractivity contribution in [3.63, 3.8) is 0 Å². The van der Waals surface area contributed by atoms with Gasteiger partial charge in [0.1, 0.15) is 0 Å². The van der Waals surface area contributed by atoms with E-state index in [2.05, 4.69) is 25.7 Å². The van der Waals surface area contributed by atoms with Crippen LogP contribution in [-0.4, -0.2) is 24.5 Å². The van der Waals surface area contributed by atoms with Crippen LogP contribution in [0.1, 0.15) is 59.3 Å². The van der Waals surface area contributed by atoms with E-state index in [1.807, 2.05) is 0 Å². The van der Waals surface area contributed by atoms with Crippen LogP contribution in [0.3, 0.4) is 0 Å². The van der Waals surface area contributed by atoms with Crippen molar-refractivity contribution in [2.24, 2.45) is 0 Å². The maximum absolute atomic E-state index is 2.64. The molecule has 0 saturated heterocycles. The normalized spacial score (nSPS) is 10.3. The summed E-state index contributed by atoms with van der Waals surface area (Å²) in [6.45, 7) is 10.8. The standard InChI is InChI=1S/C12H27N.Ru/c1-4-7-10-13(11-8-5-2)12-9-6-3;/h4-12H2,1-3H3;/q;+2. The third-order valence-corrected chi connectivity index (χ3v) is 2.48. The number of rotatable bonds is 9. The molecule has 0 N–H and O–H groups in total. The first-order chi connectivity index (χ1) is 6.35. The van der Waals surface area contributed by atoms with Crippen LogP contribution >= 0.6 is 0 Å². The third-order valence-electron chi connectivity index (χ3n) is 2.48. The van der Waals surface area contributed by atoms with Gasteiger partial charge in [0, 0.05) is 0 Å². The van der Waals surface area contributed by atoms with Crippen molar-refractivity contribution in [3.8, 4) is 0 Å². The molecule has 0 bridgehead atoms. The summed E-state index contributed by atoms with van der Waals surface area (Å²) in [4.78, 5) is 2.64. The summed E-state index contributed by atoms with van der Waals surface area (Å²) in [6.07, 6.45) is 8.09. The van der Waals surface area contributed by atoms with E-state index < -0.39 is 0 Å². The third kappa shape index (κ3) is 10.7. The Hall–Kier alpha value is 0.583. The number of hydrogen-bond donors (Lipinski definition) is 0. The molecule has 0 saturated carbocycles. The summed E-state index contributed by atoms with van der Waals surface area (Å²) >= 11 is 0. The van der Waals surface area contributed by atoms with Gasteiger partial charge in [-0.1, -0.05) is 40.0 Å². The van der Waals surface area contributed by atoms with Gasteiger partial charge in [-0.25, -0.2) is 0 Å². The zero-order valence-electron chi connectivity index (χ0n) is 10.2. The van der Waals surface area contributed by atoms with Crippen LogP contribution in [0.4, 0.5) is 0 Å². The predicted octanol–water partition coefficient (Wildman–Crippen LogP) is 3.69. The molecule has 0 aliphatic carbocycles. The molecule has 0 heterocycles. The molecular formula is C12H27NRu+2. The fraction of sp³-hybridized carbons (Fsp3) is 1.00. The van der Waals surface area contributed by atoms with Gasteiger partial charge in [-0.05, 0) is 38.9 Å². The van der Waals surface area contributed by atoms with Crippen LogP contribution in [0, 0.1) is 0 Å². The first-order valence-electron chi connectivity index (χ1n) is 6.07. The quantitative estimate of drug-likeness (QED) is 0.584. The molecule has 0 rings (SSSR count). The average molecular weight is 286 g/mol. The molecule has 0 amide bonds. The molecule has 0 spiro atoms. The van der Waals surface area contributed by atoms with Crippen LogP contribution in [0.15, 0.2) is 0 Å². The largest absolute Gasteiger partial charge is 2.00 e. The van der Waals surface area contributed by atoms with Crippen LogP contribution < -0.4 is 0 Å². The number of unbranched alkanes of at least 4 members (excludes halogenated alkanes) is 3. The molecule has 0 aliphatic heterocycles. The fourth-order valence-electron chi connectivity index (χ4n) is 1.48. The van der Waals surface area contributed by atoms with Crippen molar-refractivity contribution in [1.29, 1.82) is 0 Å². The van der Waals surface area contributed by atoms with Crippen molar-refractivity contribution in [2.45, 2.75) is 59.3 Å². The van der Waals surface area contributed by atoms with Crippen molar-refractivity contribution in [2.75, 3.05) is 19.6 Å². The first kappa shape index (κ1) is 17.0. The smallest absolute Gasteiger partial charge is 0.303 e. The second-order valence-corrected chi connectivity index (χ2v) is 3.90. The molecule has 1 nitrogen and oxygen atoms in total. The molecule has 0 aromatic heterocycles. The minimum atomic E-state index is 0. The maximum Gasteiger partial charge on any atom is 2.00 e. The molecule has 0 unspecified atom stereocenters. The Labute approximate surface area is 103 Å². The Morgan fingerprint density at radius 1 is 0.643 bits per heavy atom. The van der Waals surface area contributed by atoms with Gasteiger partial charge >= 0.3 is 19.5 Å². The van der Waals surface area contributed by atoms with Gasteiger partial charge in [0.05, 0.1) is 0 Å². The summed E-state index contributed by atoms with van der Waals surface area (Å²) in [7, 11) is 0. The van der Waals surface area contributed by atoms with Gasteiger partial charge in [-0.2, -0.15) is 0 Å². The van der Waals surface area contributed by atoms with Gasteiger partial charge in [0.15, 0.2) is 0 Å². The molecule has 14 heavy (non-hydrogen) atoms. The maximum atomic E-state index is 2.64. The Morgan fingerprint density at radius 2 is 0.929 bits per heavy atom. The summed E-state index contributed by atoms with van der Waals surface area (Å²) in [5.74, 6) is 0. The van der Waals surface area contributed by atoms with Gasteiger partial charge in [-0.3, -0.25) is 0 Å². The van der Waals surface area contributed by atoms with Gasteiger partial charge in [0.25, 0.3) is 0 Å². The molecule has 0 radical (unpaired) electrons. The fourth-order valence-corrected chi connectivity index (χ4v) is 1.48. The molecule has 0 aliphatic rings. The second kappa shape index (κ2) is 13.6. The van der Waals surface area contributed by atoms with E-state index in [4.69, 9.17) is 0 Å². The zero-order valence-corrected chi connectivity index (χ0v) is 11.9. The minimum Gasteiger partial charge on any atom is -0.303 e. The van der Waals surface area contributed by atoms with Crippen LogP contribution in [0.5, 0.6) is 0 Å². The predicted molar refractivity (Wildman–Crippen MR) is 61.2 cm³/mol. The summed E-state index contributed by atoms with van der Waals surface area (Å²) < 4.78 is 0. The molecule has 2 heteroatoms. The zero-order chi connectivity index (χ0) is 9.94. The van der Waals surface area contributed by atoms with Crippen molar-refractivity contribution in [3.05, 3.63) is 0 Å². The van der Waals surface area contributed by atoms with Gasteiger partial charge < -0.3 is 4.90 Å².